The van der Waals surface area contributed by atoms with Gasteiger partial charge in [0.2, 0.25) is 5.91 Å². The summed E-state index contributed by atoms with van der Waals surface area (Å²) in [7, 11) is 0. The third-order valence-electron chi connectivity index (χ3n) is 5.68. The molecule has 0 atom stereocenters. The lowest BCUT2D eigenvalue weighted by Gasteiger charge is -2.35. The summed E-state index contributed by atoms with van der Waals surface area (Å²) >= 11 is 6.17. The quantitative estimate of drug-likeness (QED) is 0.750. The summed E-state index contributed by atoms with van der Waals surface area (Å²) in [5.41, 5.74) is 1.44. The highest BCUT2D eigenvalue weighted by atomic mass is 35.5. The number of carbonyl (C=O) groups is 2. The maximum absolute atomic E-state index is 13.0. The third kappa shape index (κ3) is 4.56. The van der Waals surface area contributed by atoms with Crippen molar-refractivity contribution in [3.05, 3.63) is 64.7 Å². The Morgan fingerprint density at radius 3 is 2.28 bits per heavy atom. The number of hydrogen-bond donors (Lipinski definition) is 0. The van der Waals surface area contributed by atoms with Crippen LogP contribution in [-0.2, 0) is 11.2 Å². The first-order chi connectivity index (χ1) is 14.1. The van der Waals surface area contributed by atoms with E-state index in [1.165, 1.54) is 6.42 Å². The molecule has 2 aromatic rings. The van der Waals surface area contributed by atoms with Crippen LogP contribution >= 0.6 is 11.6 Å². The van der Waals surface area contributed by atoms with Crippen molar-refractivity contribution in [3.8, 4) is 5.75 Å². The second-order valence-corrected chi connectivity index (χ2v) is 8.02. The van der Waals surface area contributed by atoms with Crippen molar-refractivity contribution in [1.29, 1.82) is 0 Å². The van der Waals surface area contributed by atoms with E-state index in [4.69, 9.17) is 16.3 Å². The first-order valence-electron chi connectivity index (χ1n) is 10.2. The molecule has 152 valence electrons. The largest absolute Gasteiger partial charge is 0.490 e. The summed E-state index contributed by atoms with van der Waals surface area (Å²) < 4.78 is 6.01. The van der Waals surface area contributed by atoms with E-state index in [1.807, 2.05) is 52.3 Å². The maximum atomic E-state index is 13.0. The average Bonchev–Trinajstić information content (AvgIpc) is 2.72. The highest BCUT2D eigenvalue weighted by Gasteiger charge is 2.28. The number of hydrogen-bond acceptors (Lipinski definition) is 3. The summed E-state index contributed by atoms with van der Waals surface area (Å²) in [6.45, 7) is 2.09. The Kier molecular flexibility index (Phi) is 6.05. The van der Waals surface area contributed by atoms with E-state index in [1.54, 1.807) is 6.07 Å². The molecule has 4 rings (SSSR count). The average molecular weight is 413 g/mol. The van der Waals surface area contributed by atoms with Crippen LogP contribution in [0.25, 0.3) is 0 Å². The molecule has 0 bridgehead atoms. The maximum Gasteiger partial charge on any atom is 0.257 e. The van der Waals surface area contributed by atoms with Gasteiger partial charge in [0.05, 0.1) is 18.1 Å². The smallest absolute Gasteiger partial charge is 0.257 e. The van der Waals surface area contributed by atoms with Crippen LogP contribution < -0.4 is 4.74 Å². The first kappa shape index (κ1) is 19.8. The van der Waals surface area contributed by atoms with E-state index in [9.17, 15) is 9.59 Å². The molecule has 0 spiro atoms. The van der Waals surface area contributed by atoms with Gasteiger partial charge in [-0.2, -0.15) is 0 Å². The minimum atomic E-state index is -0.0295. The zero-order valence-electron chi connectivity index (χ0n) is 16.4. The number of amides is 2. The molecule has 1 saturated carbocycles. The molecule has 0 unspecified atom stereocenters. The molecular formula is C23H25ClN2O3. The summed E-state index contributed by atoms with van der Waals surface area (Å²) in [5.74, 6) is 0.677. The van der Waals surface area contributed by atoms with Crippen LogP contribution in [0.5, 0.6) is 5.75 Å². The normalized spacial score (nSPS) is 17.0. The Labute approximate surface area is 176 Å². The molecule has 29 heavy (non-hydrogen) atoms. The van der Waals surface area contributed by atoms with Gasteiger partial charge in [-0.1, -0.05) is 41.9 Å². The van der Waals surface area contributed by atoms with Gasteiger partial charge in [0, 0.05) is 31.2 Å². The van der Waals surface area contributed by atoms with Crippen molar-refractivity contribution in [3.63, 3.8) is 0 Å². The molecule has 0 aromatic heterocycles. The molecule has 6 heteroatoms. The van der Waals surface area contributed by atoms with Gasteiger partial charge in [-0.15, -0.1) is 0 Å². The minimum Gasteiger partial charge on any atom is -0.490 e. The van der Waals surface area contributed by atoms with E-state index < -0.39 is 0 Å². The first-order valence-corrected chi connectivity index (χ1v) is 10.6. The van der Waals surface area contributed by atoms with Gasteiger partial charge in [-0.05, 0) is 43.0 Å². The molecular weight excluding hydrogens is 388 g/mol. The van der Waals surface area contributed by atoms with Crippen molar-refractivity contribution >= 4 is 23.4 Å². The monoisotopic (exact) mass is 412 g/mol. The van der Waals surface area contributed by atoms with Crippen molar-refractivity contribution in [2.75, 3.05) is 26.2 Å². The Morgan fingerprint density at radius 2 is 1.59 bits per heavy atom. The highest BCUT2D eigenvalue weighted by Crippen LogP contribution is 2.28. The molecule has 2 amide bonds. The lowest BCUT2D eigenvalue weighted by Crippen LogP contribution is -2.51. The SMILES string of the molecule is O=C(Cc1ccccc1Cl)N1CCN(C(=O)c2ccccc2OC2CCC2)CC1. The van der Waals surface area contributed by atoms with Crippen molar-refractivity contribution in [2.45, 2.75) is 31.8 Å². The van der Waals surface area contributed by atoms with E-state index >= 15 is 0 Å². The number of piperazine rings is 1. The summed E-state index contributed by atoms with van der Waals surface area (Å²) in [5, 5.41) is 0.609. The molecule has 1 saturated heterocycles. The van der Waals surface area contributed by atoms with E-state index in [0.717, 1.165) is 18.4 Å². The number of nitrogens with zero attached hydrogens (tertiary/aromatic N) is 2. The lowest BCUT2D eigenvalue weighted by atomic mass is 9.96. The molecule has 0 radical (unpaired) electrons. The van der Waals surface area contributed by atoms with Gasteiger partial charge in [0.15, 0.2) is 0 Å². The molecule has 1 heterocycles. The number of ether oxygens (including phenoxy) is 1. The summed E-state index contributed by atoms with van der Waals surface area (Å²) in [6.07, 6.45) is 3.79. The number of rotatable bonds is 5. The molecule has 1 aliphatic carbocycles. The molecule has 2 fully saturated rings. The van der Waals surface area contributed by atoms with Crippen LogP contribution in [0.15, 0.2) is 48.5 Å². The van der Waals surface area contributed by atoms with Gasteiger partial charge >= 0.3 is 0 Å². The second kappa shape index (κ2) is 8.87. The van der Waals surface area contributed by atoms with Crippen LogP contribution in [0, 0.1) is 0 Å². The van der Waals surface area contributed by atoms with Crippen molar-refractivity contribution in [1.82, 2.24) is 9.80 Å². The van der Waals surface area contributed by atoms with Gasteiger partial charge in [-0.3, -0.25) is 9.59 Å². The molecule has 5 nitrogen and oxygen atoms in total. The van der Waals surface area contributed by atoms with Crippen LogP contribution in [0.3, 0.4) is 0 Å². The topological polar surface area (TPSA) is 49.9 Å². The Bertz CT molecular complexity index is 889. The Balaban J connectivity index is 1.35. The molecule has 2 aromatic carbocycles. The fraction of sp³-hybridized carbons (Fsp3) is 0.391. The lowest BCUT2D eigenvalue weighted by molar-refractivity contribution is -0.131. The number of halogens is 1. The number of carbonyl (C=O) groups excluding carboxylic acids is 2. The summed E-state index contributed by atoms with van der Waals surface area (Å²) in [4.78, 5) is 29.3. The zero-order chi connectivity index (χ0) is 20.2. The van der Waals surface area contributed by atoms with Crippen LogP contribution in [0.1, 0.15) is 35.2 Å². The number of benzene rings is 2. The van der Waals surface area contributed by atoms with Gasteiger partial charge < -0.3 is 14.5 Å². The third-order valence-corrected chi connectivity index (χ3v) is 6.05. The van der Waals surface area contributed by atoms with E-state index in [0.29, 0.717) is 42.5 Å². The molecule has 1 aliphatic heterocycles. The van der Waals surface area contributed by atoms with Crippen LogP contribution in [-0.4, -0.2) is 53.9 Å². The van der Waals surface area contributed by atoms with Crippen molar-refractivity contribution < 1.29 is 14.3 Å². The van der Waals surface area contributed by atoms with Crippen molar-refractivity contribution in [2.24, 2.45) is 0 Å². The zero-order valence-corrected chi connectivity index (χ0v) is 17.1. The Morgan fingerprint density at radius 1 is 0.931 bits per heavy atom. The standard InChI is InChI=1S/C23H25ClN2O3/c24-20-10-3-1-6-17(20)16-22(27)25-12-14-26(15-13-25)23(28)19-9-2-4-11-21(19)29-18-7-5-8-18/h1-4,6,9-11,18H,5,7-8,12-16H2. The summed E-state index contributed by atoms with van der Waals surface area (Å²) in [6, 6.07) is 14.9. The molecule has 0 N–H and O–H groups in total. The number of para-hydroxylation sites is 1. The minimum absolute atomic E-state index is 0.0295. The van der Waals surface area contributed by atoms with Gasteiger partial charge in [-0.25, -0.2) is 0 Å². The van der Waals surface area contributed by atoms with Crippen LogP contribution in [0.4, 0.5) is 0 Å². The second-order valence-electron chi connectivity index (χ2n) is 7.61. The fourth-order valence-corrected chi connectivity index (χ4v) is 3.86. The molecule has 2 aliphatic rings. The van der Waals surface area contributed by atoms with E-state index in [2.05, 4.69) is 0 Å². The predicted octanol–water partition coefficient (Wildman–Crippen LogP) is 3.80. The predicted molar refractivity (Wildman–Crippen MR) is 112 cm³/mol. The van der Waals surface area contributed by atoms with E-state index in [-0.39, 0.29) is 24.3 Å². The highest BCUT2D eigenvalue weighted by molar-refractivity contribution is 6.31. The Hall–Kier alpha value is -2.53. The van der Waals surface area contributed by atoms with Gasteiger partial charge in [0.1, 0.15) is 5.75 Å². The van der Waals surface area contributed by atoms with Gasteiger partial charge in [0.25, 0.3) is 5.91 Å². The van der Waals surface area contributed by atoms with Crippen LogP contribution in [0.2, 0.25) is 5.02 Å². The fourth-order valence-electron chi connectivity index (χ4n) is 3.66.